The van der Waals surface area contributed by atoms with Crippen LogP contribution in [0.25, 0.3) is 22.6 Å². The van der Waals surface area contributed by atoms with Crippen molar-refractivity contribution in [3.05, 3.63) is 58.3 Å². The highest BCUT2D eigenvalue weighted by Gasteiger charge is 2.16. The zero-order valence-corrected chi connectivity index (χ0v) is 13.6. The highest BCUT2D eigenvalue weighted by Crippen LogP contribution is 2.33. The molecule has 0 amide bonds. The molecule has 5 nitrogen and oxygen atoms in total. The average Bonchev–Trinajstić information content (AvgIpc) is 3.05. The maximum atomic E-state index is 9.39. The topological polar surface area (TPSA) is 96.1 Å². The first-order valence-corrected chi connectivity index (χ1v) is 7.58. The number of aryl methyl sites for hydroxylation is 1. The molecule has 3 rings (SSSR count). The normalized spacial score (nSPS) is 10.6. The summed E-state index contributed by atoms with van der Waals surface area (Å²) in [6.45, 7) is 1.69. The van der Waals surface area contributed by atoms with Gasteiger partial charge in [0.05, 0.1) is 5.69 Å². The monoisotopic (exact) mass is 339 g/mol. The summed E-state index contributed by atoms with van der Waals surface area (Å²) in [6.07, 6.45) is 0. The number of benzene rings is 1. The Balaban J connectivity index is 2.19. The highest BCUT2D eigenvalue weighted by atomic mass is 35.5. The Morgan fingerprint density at radius 2 is 2.08 bits per heavy atom. The second kappa shape index (κ2) is 6.36. The van der Waals surface area contributed by atoms with E-state index in [0.29, 0.717) is 27.8 Å². The Kier molecular flexibility index (Phi) is 4.26. The second-order valence-electron chi connectivity index (χ2n) is 5.32. The maximum Gasteiger partial charge on any atom is 0.142 e. The molecule has 120 valence electrons. The molecule has 1 aromatic carbocycles. The minimum absolute atomic E-state index is 0.125. The number of hydrogen-bond donors (Lipinski definition) is 2. The van der Waals surface area contributed by atoms with Crippen molar-refractivity contribution in [2.24, 2.45) is 0 Å². The van der Waals surface area contributed by atoms with Crippen LogP contribution in [0, 0.1) is 18.3 Å². The number of aliphatic hydroxyl groups excluding tert-OH is 1. The molecule has 0 aliphatic heterocycles. The lowest BCUT2D eigenvalue weighted by Crippen LogP contribution is -1.99. The van der Waals surface area contributed by atoms with Crippen LogP contribution in [-0.2, 0) is 6.61 Å². The van der Waals surface area contributed by atoms with Gasteiger partial charge in [0, 0.05) is 16.1 Å². The number of rotatable bonds is 3. The van der Waals surface area contributed by atoms with Crippen molar-refractivity contribution < 1.29 is 9.52 Å². The number of pyridine rings is 1. The van der Waals surface area contributed by atoms with Gasteiger partial charge in [-0.25, -0.2) is 4.98 Å². The van der Waals surface area contributed by atoms with E-state index in [4.69, 9.17) is 26.9 Å². The molecule has 0 atom stereocenters. The third-order valence-corrected chi connectivity index (χ3v) is 4.12. The van der Waals surface area contributed by atoms with Gasteiger partial charge in [-0.05, 0) is 42.8 Å². The summed E-state index contributed by atoms with van der Waals surface area (Å²) in [6, 6.07) is 12.7. The van der Waals surface area contributed by atoms with Gasteiger partial charge in [-0.15, -0.1) is 0 Å². The summed E-state index contributed by atoms with van der Waals surface area (Å²) in [7, 11) is 0. The summed E-state index contributed by atoms with van der Waals surface area (Å²) in [5, 5.41) is 19.2. The SMILES string of the molecule is Cc1cc(-c2cc(-c3ccc(CO)o3)c(C#N)c(N)n2)ccc1Cl. The van der Waals surface area contributed by atoms with Crippen molar-refractivity contribution in [3.8, 4) is 28.7 Å². The van der Waals surface area contributed by atoms with Gasteiger partial charge in [0.25, 0.3) is 0 Å². The van der Waals surface area contributed by atoms with E-state index in [1.165, 1.54) is 0 Å². The molecule has 6 heteroatoms. The molecule has 0 saturated carbocycles. The van der Waals surface area contributed by atoms with Gasteiger partial charge in [0.2, 0.25) is 0 Å². The summed E-state index contributed by atoms with van der Waals surface area (Å²) >= 11 is 6.07. The smallest absolute Gasteiger partial charge is 0.142 e. The fourth-order valence-electron chi connectivity index (χ4n) is 2.44. The molecule has 0 radical (unpaired) electrons. The molecule has 3 aromatic rings. The molecule has 0 aliphatic rings. The van der Waals surface area contributed by atoms with Crippen molar-refractivity contribution in [2.75, 3.05) is 5.73 Å². The Morgan fingerprint density at radius 1 is 1.29 bits per heavy atom. The quantitative estimate of drug-likeness (QED) is 0.754. The van der Waals surface area contributed by atoms with Gasteiger partial charge in [0.15, 0.2) is 0 Å². The molecule has 0 saturated heterocycles. The zero-order valence-electron chi connectivity index (χ0n) is 12.9. The molecular weight excluding hydrogens is 326 g/mol. The number of nitrogens with zero attached hydrogens (tertiary/aromatic N) is 2. The third kappa shape index (κ3) is 2.85. The first-order chi connectivity index (χ1) is 11.5. The standard InChI is InChI=1S/C18H14ClN3O2/c1-10-6-11(2-4-15(10)19)16-7-13(14(8-20)18(21)22-16)17-5-3-12(9-23)24-17/h2-7,23H,9H2,1H3,(H2,21,22). The second-order valence-corrected chi connectivity index (χ2v) is 5.72. The van der Waals surface area contributed by atoms with E-state index >= 15 is 0 Å². The number of furan rings is 1. The minimum atomic E-state index is -0.217. The van der Waals surface area contributed by atoms with Crippen LogP contribution in [0.2, 0.25) is 5.02 Å². The van der Waals surface area contributed by atoms with Gasteiger partial charge >= 0.3 is 0 Å². The van der Waals surface area contributed by atoms with Crippen LogP contribution >= 0.6 is 11.6 Å². The van der Waals surface area contributed by atoms with Crippen LogP contribution in [0.15, 0.2) is 40.8 Å². The summed E-state index contributed by atoms with van der Waals surface area (Å²) in [4.78, 5) is 4.32. The number of nitrogens with two attached hydrogens (primary N) is 1. The van der Waals surface area contributed by atoms with Gasteiger partial charge < -0.3 is 15.3 Å². The molecule has 3 N–H and O–H groups in total. The molecule has 2 heterocycles. The van der Waals surface area contributed by atoms with Gasteiger partial charge in [0.1, 0.15) is 35.6 Å². The average molecular weight is 340 g/mol. The Hall–Kier alpha value is -2.81. The predicted molar refractivity (Wildman–Crippen MR) is 92.2 cm³/mol. The first-order valence-electron chi connectivity index (χ1n) is 7.20. The van der Waals surface area contributed by atoms with Crippen LogP contribution in [0.3, 0.4) is 0 Å². The molecule has 0 fully saturated rings. The number of anilines is 1. The van der Waals surface area contributed by atoms with Crippen molar-refractivity contribution >= 4 is 17.4 Å². The largest absolute Gasteiger partial charge is 0.459 e. The third-order valence-electron chi connectivity index (χ3n) is 3.70. The molecule has 0 unspecified atom stereocenters. The Bertz CT molecular complexity index is 957. The van der Waals surface area contributed by atoms with Crippen molar-refractivity contribution in [2.45, 2.75) is 13.5 Å². The molecule has 0 bridgehead atoms. The summed E-state index contributed by atoms with van der Waals surface area (Å²) in [5.74, 6) is 0.990. The fraction of sp³-hybridized carbons (Fsp3) is 0.111. The fourth-order valence-corrected chi connectivity index (χ4v) is 2.55. The van der Waals surface area contributed by atoms with E-state index < -0.39 is 0 Å². The lowest BCUT2D eigenvalue weighted by atomic mass is 10.0. The van der Waals surface area contributed by atoms with Gasteiger partial charge in [-0.3, -0.25) is 0 Å². The number of nitrogen functional groups attached to an aromatic ring is 1. The lowest BCUT2D eigenvalue weighted by Gasteiger charge is -2.09. The highest BCUT2D eigenvalue weighted by molar-refractivity contribution is 6.31. The maximum absolute atomic E-state index is 9.39. The van der Waals surface area contributed by atoms with E-state index in [1.807, 2.05) is 19.1 Å². The first kappa shape index (κ1) is 16.1. The number of hydrogen-bond acceptors (Lipinski definition) is 5. The van der Waals surface area contributed by atoms with Gasteiger partial charge in [-0.2, -0.15) is 5.26 Å². The number of nitriles is 1. The number of halogens is 1. The molecule has 2 aromatic heterocycles. The lowest BCUT2D eigenvalue weighted by molar-refractivity contribution is 0.248. The molecule has 24 heavy (non-hydrogen) atoms. The van der Waals surface area contributed by atoms with E-state index in [-0.39, 0.29) is 18.0 Å². The molecular formula is C18H14ClN3O2. The van der Waals surface area contributed by atoms with Crippen LogP contribution < -0.4 is 5.73 Å². The van der Waals surface area contributed by atoms with E-state index in [0.717, 1.165) is 11.1 Å². The summed E-state index contributed by atoms with van der Waals surface area (Å²) in [5.41, 5.74) is 9.11. The van der Waals surface area contributed by atoms with Crippen LogP contribution in [0.1, 0.15) is 16.9 Å². The van der Waals surface area contributed by atoms with E-state index in [1.54, 1.807) is 24.3 Å². The zero-order chi connectivity index (χ0) is 17.3. The number of aromatic nitrogens is 1. The van der Waals surface area contributed by atoms with Crippen LogP contribution in [0.5, 0.6) is 0 Å². The molecule has 0 aliphatic carbocycles. The minimum Gasteiger partial charge on any atom is -0.459 e. The van der Waals surface area contributed by atoms with E-state index in [2.05, 4.69) is 11.1 Å². The van der Waals surface area contributed by atoms with Crippen LogP contribution in [-0.4, -0.2) is 10.1 Å². The van der Waals surface area contributed by atoms with Crippen molar-refractivity contribution in [3.63, 3.8) is 0 Å². The summed E-state index contributed by atoms with van der Waals surface area (Å²) < 4.78 is 5.54. The van der Waals surface area contributed by atoms with Crippen LogP contribution in [0.4, 0.5) is 5.82 Å². The van der Waals surface area contributed by atoms with Gasteiger partial charge in [-0.1, -0.05) is 17.7 Å². The van der Waals surface area contributed by atoms with E-state index in [9.17, 15) is 5.26 Å². The van der Waals surface area contributed by atoms with Crippen molar-refractivity contribution in [1.82, 2.24) is 4.98 Å². The molecule has 0 spiro atoms. The Morgan fingerprint density at radius 3 is 2.71 bits per heavy atom. The van der Waals surface area contributed by atoms with Crippen molar-refractivity contribution in [1.29, 1.82) is 5.26 Å². The predicted octanol–water partition coefficient (Wildman–Crippen LogP) is 3.92. The number of aliphatic hydroxyl groups is 1. The Labute approximate surface area is 143 Å².